The van der Waals surface area contributed by atoms with Crippen molar-refractivity contribution in [2.75, 3.05) is 14.2 Å². The highest BCUT2D eigenvalue weighted by Gasteiger charge is 2.19. The van der Waals surface area contributed by atoms with Crippen LogP contribution in [0, 0.1) is 5.92 Å². The second-order valence-corrected chi connectivity index (χ2v) is 4.84. The third-order valence-corrected chi connectivity index (χ3v) is 2.92. The Labute approximate surface area is 121 Å². The molecule has 0 aromatic heterocycles. The van der Waals surface area contributed by atoms with Gasteiger partial charge in [0.2, 0.25) is 0 Å². The number of aliphatic hydroxyl groups excluding tert-OH is 1. The summed E-state index contributed by atoms with van der Waals surface area (Å²) in [5, 5.41) is 10.0. The third kappa shape index (κ3) is 4.90. The van der Waals surface area contributed by atoms with Gasteiger partial charge < -0.3 is 20.3 Å². The SMILES string of the molecule is COc1ccc([C@@H](N)[C@@H](O)CC(C)C)cc1OC.Cl. The third-order valence-electron chi connectivity index (χ3n) is 2.92. The zero-order chi connectivity index (χ0) is 13.7. The Kier molecular flexibility index (Phi) is 7.83. The minimum Gasteiger partial charge on any atom is -0.493 e. The van der Waals surface area contributed by atoms with Crippen molar-refractivity contribution in [3.63, 3.8) is 0 Å². The summed E-state index contributed by atoms with van der Waals surface area (Å²) in [6.07, 6.45) is 0.123. The van der Waals surface area contributed by atoms with Crippen LogP contribution in [-0.4, -0.2) is 25.4 Å². The van der Waals surface area contributed by atoms with E-state index in [1.807, 2.05) is 12.1 Å². The molecule has 110 valence electrons. The van der Waals surface area contributed by atoms with Gasteiger partial charge >= 0.3 is 0 Å². The molecule has 0 amide bonds. The molecule has 0 saturated carbocycles. The van der Waals surface area contributed by atoms with Crippen LogP contribution in [0.1, 0.15) is 31.9 Å². The maximum atomic E-state index is 10.0. The van der Waals surface area contributed by atoms with Gasteiger partial charge in [0.05, 0.1) is 26.4 Å². The molecule has 0 aliphatic rings. The molecule has 1 rings (SSSR count). The molecule has 0 spiro atoms. The summed E-state index contributed by atoms with van der Waals surface area (Å²) in [6.45, 7) is 4.12. The first-order chi connectivity index (χ1) is 8.49. The van der Waals surface area contributed by atoms with E-state index < -0.39 is 12.1 Å². The van der Waals surface area contributed by atoms with E-state index in [0.29, 0.717) is 23.8 Å². The summed E-state index contributed by atoms with van der Waals surface area (Å²) >= 11 is 0. The van der Waals surface area contributed by atoms with Crippen LogP contribution in [0.15, 0.2) is 18.2 Å². The molecule has 19 heavy (non-hydrogen) atoms. The lowest BCUT2D eigenvalue weighted by atomic mass is 9.95. The molecule has 2 atom stereocenters. The Morgan fingerprint density at radius 3 is 2.21 bits per heavy atom. The van der Waals surface area contributed by atoms with Crippen LogP contribution in [0.3, 0.4) is 0 Å². The van der Waals surface area contributed by atoms with Gasteiger partial charge in [0.1, 0.15) is 0 Å². The van der Waals surface area contributed by atoms with Gasteiger partial charge in [-0.15, -0.1) is 12.4 Å². The van der Waals surface area contributed by atoms with Crippen molar-refractivity contribution in [1.82, 2.24) is 0 Å². The van der Waals surface area contributed by atoms with E-state index in [4.69, 9.17) is 15.2 Å². The van der Waals surface area contributed by atoms with Crippen LogP contribution < -0.4 is 15.2 Å². The normalized spacial score (nSPS) is 13.6. The van der Waals surface area contributed by atoms with Crippen molar-refractivity contribution in [1.29, 1.82) is 0 Å². The molecule has 0 radical (unpaired) electrons. The first-order valence-corrected chi connectivity index (χ1v) is 6.15. The molecule has 0 aliphatic heterocycles. The summed E-state index contributed by atoms with van der Waals surface area (Å²) in [7, 11) is 3.17. The van der Waals surface area contributed by atoms with Crippen molar-refractivity contribution >= 4 is 12.4 Å². The zero-order valence-corrected chi connectivity index (χ0v) is 12.7. The first-order valence-electron chi connectivity index (χ1n) is 6.15. The van der Waals surface area contributed by atoms with Crippen molar-refractivity contribution in [2.45, 2.75) is 32.4 Å². The topological polar surface area (TPSA) is 64.7 Å². The molecule has 0 bridgehead atoms. The van der Waals surface area contributed by atoms with E-state index in [-0.39, 0.29) is 12.4 Å². The highest BCUT2D eigenvalue weighted by Crippen LogP contribution is 2.30. The van der Waals surface area contributed by atoms with Gasteiger partial charge in [-0.05, 0) is 30.0 Å². The number of hydrogen-bond acceptors (Lipinski definition) is 4. The molecular weight excluding hydrogens is 266 g/mol. The van der Waals surface area contributed by atoms with Crippen molar-refractivity contribution in [2.24, 2.45) is 11.7 Å². The van der Waals surface area contributed by atoms with Crippen LogP contribution in [-0.2, 0) is 0 Å². The van der Waals surface area contributed by atoms with Gasteiger partial charge in [-0.3, -0.25) is 0 Å². The van der Waals surface area contributed by atoms with E-state index in [1.165, 1.54) is 0 Å². The molecule has 0 unspecified atom stereocenters. The molecular formula is C14H24ClNO3. The fourth-order valence-electron chi connectivity index (χ4n) is 1.91. The summed E-state index contributed by atoms with van der Waals surface area (Å²) in [5.74, 6) is 1.69. The fourth-order valence-corrected chi connectivity index (χ4v) is 1.91. The number of rotatable bonds is 6. The highest BCUT2D eigenvalue weighted by molar-refractivity contribution is 5.85. The van der Waals surface area contributed by atoms with Crippen LogP contribution in [0.4, 0.5) is 0 Å². The maximum absolute atomic E-state index is 10.0. The van der Waals surface area contributed by atoms with Crippen molar-refractivity contribution in [3.8, 4) is 11.5 Å². The van der Waals surface area contributed by atoms with E-state index in [0.717, 1.165) is 5.56 Å². The smallest absolute Gasteiger partial charge is 0.161 e. The maximum Gasteiger partial charge on any atom is 0.161 e. The number of aliphatic hydroxyl groups is 1. The van der Waals surface area contributed by atoms with E-state index in [9.17, 15) is 5.11 Å². The molecule has 1 aromatic rings. The van der Waals surface area contributed by atoms with Crippen molar-refractivity contribution in [3.05, 3.63) is 23.8 Å². The van der Waals surface area contributed by atoms with Crippen LogP contribution >= 0.6 is 12.4 Å². The van der Waals surface area contributed by atoms with Gasteiger partial charge in [-0.2, -0.15) is 0 Å². The molecule has 0 fully saturated rings. The van der Waals surface area contributed by atoms with E-state index >= 15 is 0 Å². The summed E-state index contributed by atoms with van der Waals surface area (Å²) < 4.78 is 10.4. The second kappa shape index (κ2) is 8.25. The average Bonchev–Trinajstić information content (AvgIpc) is 2.36. The summed E-state index contributed by atoms with van der Waals surface area (Å²) in [6, 6.07) is 5.06. The molecule has 5 heteroatoms. The fraction of sp³-hybridized carbons (Fsp3) is 0.571. The van der Waals surface area contributed by atoms with Gasteiger partial charge in [0, 0.05) is 0 Å². The lowest BCUT2D eigenvalue weighted by Crippen LogP contribution is -2.27. The molecule has 0 heterocycles. The minimum absolute atomic E-state index is 0. The quantitative estimate of drug-likeness (QED) is 0.845. The second-order valence-electron chi connectivity index (χ2n) is 4.84. The number of hydrogen-bond donors (Lipinski definition) is 2. The number of nitrogens with two attached hydrogens (primary N) is 1. The molecule has 3 N–H and O–H groups in total. The lowest BCUT2D eigenvalue weighted by Gasteiger charge is -2.21. The molecule has 0 aliphatic carbocycles. The molecule has 4 nitrogen and oxygen atoms in total. The number of benzene rings is 1. The summed E-state index contributed by atoms with van der Waals surface area (Å²) in [4.78, 5) is 0. The number of halogens is 1. The molecule has 0 saturated heterocycles. The zero-order valence-electron chi connectivity index (χ0n) is 11.9. The predicted octanol–water partition coefficient (Wildman–Crippen LogP) is 2.53. The standard InChI is InChI=1S/C14H23NO3.ClH/c1-9(2)7-11(16)14(15)10-5-6-12(17-3)13(8-10)18-4;/h5-6,8-9,11,14,16H,7,15H2,1-4H3;1H/t11-,14+;/m0./s1. The first kappa shape index (κ1) is 18.0. The molecule has 1 aromatic carbocycles. The number of ether oxygens (including phenoxy) is 2. The van der Waals surface area contributed by atoms with Crippen molar-refractivity contribution < 1.29 is 14.6 Å². The largest absolute Gasteiger partial charge is 0.493 e. The Bertz CT molecular complexity index is 385. The number of methoxy groups -OCH3 is 2. The van der Waals surface area contributed by atoms with Crippen LogP contribution in [0.25, 0.3) is 0 Å². The van der Waals surface area contributed by atoms with E-state index in [1.54, 1.807) is 20.3 Å². The van der Waals surface area contributed by atoms with Gasteiger partial charge in [0.15, 0.2) is 11.5 Å². The van der Waals surface area contributed by atoms with Gasteiger partial charge in [0.25, 0.3) is 0 Å². The summed E-state index contributed by atoms with van der Waals surface area (Å²) in [5.41, 5.74) is 6.90. The minimum atomic E-state index is -0.553. The lowest BCUT2D eigenvalue weighted by molar-refractivity contribution is 0.121. The van der Waals surface area contributed by atoms with Gasteiger partial charge in [-0.1, -0.05) is 19.9 Å². The Balaban J connectivity index is 0.00000324. The average molecular weight is 290 g/mol. The van der Waals surface area contributed by atoms with Crippen LogP contribution in [0.5, 0.6) is 11.5 Å². The van der Waals surface area contributed by atoms with Crippen LogP contribution in [0.2, 0.25) is 0 Å². The Morgan fingerprint density at radius 1 is 1.16 bits per heavy atom. The monoisotopic (exact) mass is 289 g/mol. The van der Waals surface area contributed by atoms with Gasteiger partial charge in [-0.25, -0.2) is 0 Å². The van der Waals surface area contributed by atoms with E-state index in [2.05, 4.69) is 13.8 Å². The Morgan fingerprint density at radius 2 is 1.74 bits per heavy atom. The predicted molar refractivity (Wildman–Crippen MR) is 79.2 cm³/mol. The Hall–Kier alpha value is -0.970. The highest BCUT2D eigenvalue weighted by atomic mass is 35.5.